The van der Waals surface area contributed by atoms with Gasteiger partial charge in [-0.25, -0.2) is 14.0 Å². The molecule has 9 heteroatoms. The molecule has 0 saturated heterocycles. The third-order valence-corrected chi connectivity index (χ3v) is 6.41. The Bertz CT molecular complexity index is 1100. The number of hydrogen-bond donors (Lipinski definition) is 1. The molecule has 2 unspecified atom stereocenters. The molecule has 0 spiro atoms. The lowest BCUT2D eigenvalue weighted by Gasteiger charge is -2.40. The lowest BCUT2D eigenvalue weighted by molar-refractivity contribution is 0.175. The van der Waals surface area contributed by atoms with Crippen LogP contribution in [-0.4, -0.2) is 44.5 Å². The number of carbonyl (C=O) groups is 2. The van der Waals surface area contributed by atoms with Crippen LogP contribution in [0.25, 0.3) is 0 Å². The molecule has 8 nitrogen and oxygen atoms in total. The van der Waals surface area contributed by atoms with Crippen LogP contribution in [0.3, 0.4) is 0 Å². The fraction of sp³-hybridized carbons (Fsp3) is 0.444. The van der Waals surface area contributed by atoms with Gasteiger partial charge in [-0.05, 0) is 74.6 Å². The van der Waals surface area contributed by atoms with Crippen LogP contribution >= 0.6 is 0 Å². The van der Waals surface area contributed by atoms with Crippen molar-refractivity contribution in [2.24, 2.45) is 0 Å². The van der Waals surface area contributed by atoms with Gasteiger partial charge in [0.2, 0.25) is 0 Å². The van der Waals surface area contributed by atoms with E-state index in [0.29, 0.717) is 24.3 Å². The average Bonchev–Trinajstić information content (AvgIpc) is 2.88. The lowest BCUT2D eigenvalue weighted by atomic mass is 9.93. The molecular weight excluding hydrogens is 463 g/mol. The minimum atomic E-state index is -0.618. The topological polar surface area (TPSA) is 94.9 Å². The maximum absolute atomic E-state index is 13.3. The fourth-order valence-electron chi connectivity index (χ4n) is 4.33. The van der Waals surface area contributed by atoms with Crippen molar-refractivity contribution in [1.29, 1.82) is 5.26 Å². The van der Waals surface area contributed by atoms with Gasteiger partial charge in [0.1, 0.15) is 11.6 Å². The van der Waals surface area contributed by atoms with Crippen LogP contribution in [-0.2, 0) is 4.74 Å². The zero-order chi connectivity index (χ0) is 26.2. The largest absolute Gasteiger partial charge is 0.452 e. The van der Waals surface area contributed by atoms with Gasteiger partial charge in [0.25, 0.3) is 0 Å². The van der Waals surface area contributed by atoms with Gasteiger partial charge in [0, 0.05) is 19.0 Å². The highest BCUT2D eigenvalue weighted by Gasteiger charge is 2.37. The summed E-state index contributed by atoms with van der Waals surface area (Å²) >= 11 is 0. The molecule has 0 bridgehead atoms. The Morgan fingerprint density at radius 3 is 2.56 bits per heavy atom. The number of fused-ring (bicyclic) bond motifs is 1. The highest BCUT2D eigenvalue weighted by atomic mass is 19.1. The van der Waals surface area contributed by atoms with Crippen LogP contribution in [0.15, 0.2) is 42.5 Å². The molecular formula is C27H33FN4O4. The van der Waals surface area contributed by atoms with E-state index in [1.807, 2.05) is 25.1 Å². The molecule has 1 aliphatic rings. The van der Waals surface area contributed by atoms with E-state index in [2.05, 4.69) is 25.2 Å². The summed E-state index contributed by atoms with van der Waals surface area (Å²) in [5.74, 6) is -0.0452. The van der Waals surface area contributed by atoms with Gasteiger partial charge in [0.15, 0.2) is 0 Å². The predicted octanol–water partition coefficient (Wildman–Crippen LogP) is 5.58. The predicted molar refractivity (Wildman–Crippen MR) is 136 cm³/mol. The molecule has 2 amide bonds. The van der Waals surface area contributed by atoms with Crippen molar-refractivity contribution >= 4 is 23.6 Å². The van der Waals surface area contributed by atoms with Crippen LogP contribution in [0.2, 0.25) is 0 Å². The Labute approximate surface area is 211 Å². The van der Waals surface area contributed by atoms with Gasteiger partial charge in [-0.15, -0.1) is 0 Å². The van der Waals surface area contributed by atoms with Crippen LogP contribution in [0.5, 0.6) is 5.75 Å². The molecule has 3 rings (SSSR count). The number of rotatable bonds is 8. The minimum Gasteiger partial charge on any atom is -0.452 e. The van der Waals surface area contributed by atoms with E-state index in [9.17, 15) is 14.0 Å². The van der Waals surface area contributed by atoms with Crippen molar-refractivity contribution in [3.63, 3.8) is 0 Å². The van der Waals surface area contributed by atoms with E-state index in [1.54, 1.807) is 0 Å². The van der Waals surface area contributed by atoms with Crippen LogP contribution in [0.4, 0.5) is 25.4 Å². The number of ether oxygens (including phenoxy) is 2. The maximum Gasteiger partial charge on any atom is 0.419 e. The number of nitrogens with zero attached hydrogens (tertiary/aromatic N) is 3. The summed E-state index contributed by atoms with van der Waals surface area (Å²) < 4.78 is 23.8. The molecule has 0 aliphatic carbocycles. The van der Waals surface area contributed by atoms with Gasteiger partial charge in [0.05, 0.1) is 37.1 Å². The van der Waals surface area contributed by atoms with E-state index in [0.717, 1.165) is 18.4 Å². The molecule has 1 aliphatic heterocycles. The Kier molecular flexibility index (Phi) is 9.25. The Hall–Kier alpha value is -3.64. The van der Waals surface area contributed by atoms with E-state index >= 15 is 0 Å². The van der Waals surface area contributed by atoms with Crippen molar-refractivity contribution in [2.75, 3.05) is 30.0 Å². The van der Waals surface area contributed by atoms with Gasteiger partial charge in [-0.2, -0.15) is 5.26 Å². The number of methoxy groups -OCH3 is 1. The van der Waals surface area contributed by atoms with Crippen molar-refractivity contribution in [3.05, 3.63) is 53.8 Å². The normalized spacial score (nSPS) is 16.5. The zero-order valence-corrected chi connectivity index (χ0v) is 21.2. The highest BCUT2D eigenvalue weighted by Crippen LogP contribution is 2.39. The lowest BCUT2D eigenvalue weighted by Crippen LogP contribution is -2.52. The number of nitriles is 1. The molecule has 0 saturated carbocycles. The fourth-order valence-corrected chi connectivity index (χ4v) is 4.33. The van der Waals surface area contributed by atoms with E-state index in [1.165, 1.54) is 41.2 Å². The first-order valence-corrected chi connectivity index (χ1v) is 12.1. The summed E-state index contributed by atoms with van der Waals surface area (Å²) in [6.07, 6.45) is 0.993. The first-order chi connectivity index (χ1) is 17.3. The molecule has 0 aromatic heterocycles. The highest BCUT2D eigenvalue weighted by molar-refractivity contribution is 6.01. The zero-order valence-electron chi connectivity index (χ0n) is 21.2. The monoisotopic (exact) mass is 496 g/mol. The van der Waals surface area contributed by atoms with Gasteiger partial charge in [-0.1, -0.05) is 13.0 Å². The van der Waals surface area contributed by atoms with E-state index in [4.69, 9.17) is 14.7 Å². The van der Waals surface area contributed by atoms with Crippen molar-refractivity contribution < 1.29 is 23.5 Å². The van der Waals surface area contributed by atoms with Crippen LogP contribution in [0.1, 0.15) is 51.5 Å². The molecule has 2 aromatic rings. The van der Waals surface area contributed by atoms with Crippen molar-refractivity contribution in [1.82, 2.24) is 5.32 Å². The number of nitrogens with one attached hydrogen (secondary N) is 1. The Balaban J connectivity index is 1.92. The summed E-state index contributed by atoms with van der Waals surface area (Å²) in [5, 5.41) is 12.3. The van der Waals surface area contributed by atoms with Gasteiger partial charge in [-0.3, -0.25) is 9.80 Å². The Morgan fingerprint density at radius 2 is 1.92 bits per heavy atom. The number of carbonyl (C=O) groups excluding carboxylic acids is 2. The molecule has 1 N–H and O–H groups in total. The second-order valence-electron chi connectivity index (χ2n) is 8.98. The molecule has 0 radical (unpaired) electrons. The minimum absolute atomic E-state index is 0.153. The quantitative estimate of drug-likeness (QED) is 0.513. The first-order valence-electron chi connectivity index (χ1n) is 12.1. The number of halogens is 1. The molecule has 0 fully saturated rings. The molecule has 2 aromatic carbocycles. The summed E-state index contributed by atoms with van der Waals surface area (Å²) in [6.45, 7) is 6.88. The van der Waals surface area contributed by atoms with Crippen LogP contribution < -0.4 is 19.9 Å². The Morgan fingerprint density at radius 1 is 1.19 bits per heavy atom. The SMILES string of the molecule is CCC(CNC(C)CCC#N)c1ccc2c(c1)N(C(=O)Oc1ccc(F)cc1)C[C@H](C)N2C(=O)OC. The molecule has 1 heterocycles. The standard InChI is InChI=1S/C27H33FN4O4/c1-5-20(16-30-18(2)7-6-14-29)21-8-13-24-25(15-21)31(17-19(3)32(24)27(34)35-4)26(33)36-23-11-9-22(28)10-12-23/h8-13,15,18-20,30H,5-7,16-17H2,1-4H3/t18?,19-,20?/m0/s1. The summed E-state index contributed by atoms with van der Waals surface area (Å²) in [5.41, 5.74) is 2.10. The summed E-state index contributed by atoms with van der Waals surface area (Å²) in [6, 6.07) is 13.0. The number of anilines is 2. The van der Waals surface area contributed by atoms with Gasteiger partial charge >= 0.3 is 12.2 Å². The maximum atomic E-state index is 13.3. The second-order valence-corrected chi connectivity index (χ2v) is 8.98. The van der Waals surface area contributed by atoms with Crippen LogP contribution in [0, 0.1) is 17.1 Å². The second kappa shape index (κ2) is 12.4. The number of hydrogen-bond acceptors (Lipinski definition) is 6. The average molecular weight is 497 g/mol. The molecule has 3 atom stereocenters. The third kappa shape index (κ3) is 6.32. The molecule has 36 heavy (non-hydrogen) atoms. The van der Waals surface area contributed by atoms with Gasteiger partial charge < -0.3 is 14.8 Å². The van der Waals surface area contributed by atoms with E-state index < -0.39 is 18.0 Å². The number of amides is 2. The first kappa shape index (κ1) is 27.0. The number of benzene rings is 2. The van der Waals surface area contributed by atoms with E-state index in [-0.39, 0.29) is 30.3 Å². The molecule has 192 valence electrons. The third-order valence-electron chi connectivity index (χ3n) is 6.41. The summed E-state index contributed by atoms with van der Waals surface area (Å²) in [4.78, 5) is 28.8. The summed E-state index contributed by atoms with van der Waals surface area (Å²) in [7, 11) is 1.32. The van der Waals surface area contributed by atoms with Crippen molar-refractivity contribution in [3.8, 4) is 11.8 Å². The van der Waals surface area contributed by atoms with Crippen molar-refractivity contribution in [2.45, 2.75) is 58.0 Å². The smallest absolute Gasteiger partial charge is 0.419 e.